The van der Waals surface area contributed by atoms with Crippen LogP contribution in [0.3, 0.4) is 0 Å². The second-order valence-electron chi connectivity index (χ2n) is 26.5. The zero-order valence-electron chi connectivity index (χ0n) is 61.4. The fraction of sp³-hybridized carbons (Fsp3) is 0.242. The summed E-state index contributed by atoms with van der Waals surface area (Å²) in [6, 6.07) is 82.8. The minimum atomic E-state index is -2.18. The number of esters is 7. The Labute approximate surface area is 657 Å². The maximum Gasteiger partial charge on any atom is 0.338 e. The highest BCUT2D eigenvalue weighted by atomic mass is 16.8. The summed E-state index contributed by atoms with van der Waals surface area (Å²) >= 11 is 0. The number of carbonyl (C=O) groups excluding carboxylic acids is 7. The summed E-state index contributed by atoms with van der Waals surface area (Å²) in [6.45, 7) is -2.37. The quantitative estimate of drug-likeness (QED) is 0.0215. The fourth-order valence-electron chi connectivity index (χ4n) is 13.0. The molecule has 3 aliphatic heterocycles. The molecule has 3 saturated heterocycles. The van der Waals surface area contributed by atoms with E-state index in [1.54, 1.807) is 127 Å². The van der Waals surface area contributed by atoms with Crippen LogP contribution in [0.15, 0.2) is 303 Å². The highest BCUT2D eigenvalue weighted by molar-refractivity contribution is 5.93. The van der Waals surface area contributed by atoms with Crippen molar-refractivity contribution in [1.29, 1.82) is 0 Å². The molecule has 23 heteroatoms. The Morgan fingerprint density at radius 3 is 0.877 bits per heavy atom. The molecular formula is C91H80O23. The number of ether oxygens (including phenoxy) is 16. The van der Waals surface area contributed by atoms with Crippen LogP contribution in [0.1, 0.15) is 89.2 Å². The van der Waals surface area contributed by atoms with E-state index in [1.165, 1.54) is 84.9 Å². The van der Waals surface area contributed by atoms with E-state index in [1.807, 2.05) is 91.0 Å². The third kappa shape index (κ3) is 21.3. The van der Waals surface area contributed by atoms with Crippen molar-refractivity contribution in [2.24, 2.45) is 0 Å². The van der Waals surface area contributed by atoms with Gasteiger partial charge in [-0.25, -0.2) is 33.6 Å². The molecule has 10 aromatic carbocycles. The van der Waals surface area contributed by atoms with Gasteiger partial charge in [0.1, 0.15) is 62.5 Å². The van der Waals surface area contributed by atoms with Crippen molar-refractivity contribution in [2.75, 3.05) is 26.4 Å². The number of carbonyl (C=O) groups is 7. The molecule has 0 saturated carbocycles. The molecule has 582 valence electrons. The van der Waals surface area contributed by atoms with Gasteiger partial charge in [-0.3, -0.25) is 0 Å². The van der Waals surface area contributed by atoms with Gasteiger partial charge in [0.25, 0.3) is 0 Å². The van der Waals surface area contributed by atoms with Crippen molar-refractivity contribution in [1.82, 2.24) is 0 Å². The maximum atomic E-state index is 15.4. The number of benzene rings is 10. The molecule has 3 aliphatic rings. The van der Waals surface area contributed by atoms with Gasteiger partial charge in [-0.15, -0.1) is 6.42 Å². The van der Waals surface area contributed by atoms with Crippen LogP contribution in [0.5, 0.6) is 0 Å². The van der Waals surface area contributed by atoms with Gasteiger partial charge in [-0.05, 0) is 102 Å². The molecule has 0 bridgehead atoms. The summed E-state index contributed by atoms with van der Waals surface area (Å²) in [7, 11) is 0. The Morgan fingerprint density at radius 1 is 0.254 bits per heavy atom. The van der Waals surface area contributed by atoms with Crippen LogP contribution in [0, 0.1) is 12.3 Å². The second kappa shape index (κ2) is 40.2. The Balaban J connectivity index is 0.956. The van der Waals surface area contributed by atoms with Crippen LogP contribution >= 0.6 is 0 Å². The van der Waals surface area contributed by atoms with Gasteiger partial charge in [0.15, 0.2) is 49.4 Å². The summed E-state index contributed by atoms with van der Waals surface area (Å²) in [4.78, 5) is 104. The zero-order valence-corrected chi connectivity index (χ0v) is 61.4. The monoisotopic (exact) mass is 1540 g/mol. The zero-order chi connectivity index (χ0) is 78.8. The normalized spacial score (nSPS) is 23.1. The summed E-state index contributed by atoms with van der Waals surface area (Å²) in [6.07, 6.45) is -19.6. The summed E-state index contributed by atoms with van der Waals surface area (Å²) < 4.78 is 107. The molecule has 114 heavy (non-hydrogen) atoms. The first kappa shape index (κ1) is 79.8. The van der Waals surface area contributed by atoms with Crippen molar-refractivity contribution >= 4 is 41.8 Å². The Morgan fingerprint density at radius 2 is 0.518 bits per heavy atom. The third-order valence-electron chi connectivity index (χ3n) is 18.7. The van der Waals surface area contributed by atoms with Gasteiger partial charge < -0.3 is 75.8 Å². The Bertz CT molecular complexity index is 4760. The van der Waals surface area contributed by atoms with Crippen LogP contribution < -0.4 is 0 Å². The molecule has 0 spiro atoms. The van der Waals surface area contributed by atoms with E-state index >= 15 is 14.4 Å². The van der Waals surface area contributed by atoms with Crippen LogP contribution in [0.25, 0.3) is 0 Å². The molecule has 0 N–H and O–H groups in total. The molecule has 0 aliphatic carbocycles. The third-order valence-corrected chi connectivity index (χ3v) is 18.7. The first-order chi connectivity index (χ1) is 55.9. The minimum Gasteiger partial charge on any atom is -0.459 e. The average Bonchev–Trinajstić information content (AvgIpc) is 0.756. The van der Waals surface area contributed by atoms with E-state index in [-0.39, 0.29) is 65.4 Å². The highest BCUT2D eigenvalue weighted by Gasteiger charge is 2.59. The topological polar surface area (TPSA) is 267 Å². The largest absolute Gasteiger partial charge is 0.459 e. The van der Waals surface area contributed by atoms with E-state index in [4.69, 9.17) is 82.2 Å². The van der Waals surface area contributed by atoms with Crippen molar-refractivity contribution in [3.05, 3.63) is 359 Å². The number of hydrogen-bond acceptors (Lipinski definition) is 23. The Kier molecular flexibility index (Phi) is 28.2. The minimum absolute atomic E-state index is 0.00484. The van der Waals surface area contributed by atoms with Gasteiger partial charge in [0, 0.05) is 0 Å². The average molecular weight is 1540 g/mol. The van der Waals surface area contributed by atoms with Crippen molar-refractivity contribution < 1.29 is 109 Å². The predicted octanol–water partition coefficient (Wildman–Crippen LogP) is 12.8. The maximum absolute atomic E-state index is 15.4. The molecule has 3 heterocycles. The lowest BCUT2D eigenvalue weighted by Crippen LogP contribution is -2.67. The lowest BCUT2D eigenvalue weighted by atomic mass is 9.95. The second-order valence-corrected chi connectivity index (χ2v) is 26.5. The molecule has 0 amide bonds. The van der Waals surface area contributed by atoms with Crippen LogP contribution in [0.4, 0.5) is 0 Å². The van der Waals surface area contributed by atoms with Gasteiger partial charge in [0.05, 0.1) is 65.4 Å². The number of terminal acetylenes is 1. The predicted molar refractivity (Wildman–Crippen MR) is 408 cm³/mol. The summed E-state index contributed by atoms with van der Waals surface area (Å²) in [5.74, 6) is -4.37. The van der Waals surface area contributed by atoms with Gasteiger partial charge >= 0.3 is 41.8 Å². The van der Waals surface area contributed by atoms with E-state index in [2.05, 4.69) is 5.92 Å². The summed E-state index contributed by atoms with van der Waals surface area (Å²) in [5, 5.41) is 0. The molecule has 0 radical (unpaired) electrons. The van der Waals surface area contributed by atoms with Crippen LogP contribution in [0.2, 0.25) is 0 Å². The van der Waals surface area contributed by atoms with Crippen LogP contribution in [-0.2, 0) is 95.6 Å². The van der Waals surface area contributed by atoms with E-state index in [0.29, 0.717) is 0 Å². The SMILES string of the molecule is C#CCO[C@H]1O[C@H](CO[C@@H]2O[C@H](COC(=O)c3ccccc3)[C@@H](O[C@@H]3O[C@H](COC(=O)c4ccccc4)[C@H](OC(=O)c4ccccc4)[C@H](OC(=O)c4ccccc4)[C@H]3OC(=O)c3ccccc3)[C@H](OC(=O)c3ccccc3)[C@H]2OC(=O)c2ccccc2)[C@@H](OCc2ccccc2)[C@H](OCc2ccccc2)[C@@H]1OCc1ccccc1. The van der Waals surface area contributed by atoms with E-state index < -0.39 is 154 Å². The van der Waals surface area contributed by atoms with Crippen molar-refractivity contribution in [3.63, 3.8) is 0 Å². The lowest BCUT2D eigenvalue weighted by molar-refractivity contribution is -0.364. The molecule has 0 unspecified atom stereocenters. The smallest absolute Gasteiger partial charge is 0.338 e. The standard InChI is InChI=1S/C91H80O23/c1-2-53-99-89-79(102-56-62-37-17-5-18-38-62)76(101-55-61-35-15-4-16-36-61)73(100-54-60-33-13-3-14-34-60)70(106-89)59-105-90-80(112-87(97)68-49-29-11-30-50-68)78(111-86(96)67-47-27-10-28-48-67)75(72(107-90)58-104-83(93)64-41-21-7-22-42-64)114-91-81(113-88(98)69-51-31-12-32-52-69)77(110-85(95)66-45-25-9-26-46-66)74(109-84(94)65-43-23-8-24-44-65)71(108-91)57-103-82(92)63-39-19-6-20-40-63/h1,3-52,70-81,89-91H,53-59H2/t70-,71-,72-,73-,74+,75-,76+,77+,78+,79+,80-,81-,89+,90-,91+/m1/s1. The molecule has 3 fully saturated rings. The molecular weight excluding hydrogens is 1460 g/mol. The highest BCUT2D eigenvalue weighted by Crippen LogP contribution is 2.39. The number of rotatable bonds is 32. The van der Waals surface area contributed by atoms with Gasteiger partial charge in [0.2, 0.25) is 0 Å². The van der Waals surface area contributed by atoms with Crippen molar-refractivity contribution in [2.45, 2.75) is 112 Å². The van der Waals surface area contributed by atoms with E-state index in [0.717, 1.165) is 16.7 Å². The first-order valence-electron chi connectivity index (χ1n) is 36.9. The molecule has 23 nitrogen and oxygen atoms in total. The molecule has 0 aromatic heterocycles. The van der Waals surface area contributed by atoms with Crippen molar-refractivity contribution in [3.8, 4) is 12.3 Å². The summed E-state index contributed by atoms with van der Waals surface area (Å²) in [5.41, 5.74) is 2.47. The lowest BCUT2D eigenvalue weighted by Gasteiger charge is -2.49. The van der Waals surface area contributed by atoms with E-state index in [9.17, 15) is 19.2 Å². The Hall–Kier alpha value is -12.3. The molecule has 13 rings (SSSR count). The first-order valence-corrected chi connectivity index (χ1v) is 36.9. The number of hydrogen-bond donors (Lipinski definition) is 0. The molecule has 15 atom stereocenters. The van der Waals surface area contributed by atoms with Gasteiger partial charge in [-0.1, -0.05) is 224 Å². The molecule has 10 aromatic rings. The van der Waals surface area contributed by atoms with Crippen LogP contribution in [-0.4, -0.2) is 160 Å². The van der Waals surface area contributed by atoms with Gasteiger partial charge in [-0.2, -0.15) is 0 Å². The fourth-order valence-corrected chi connectivity index (χ4v) is 13.0.